The third kappa shape index (κ3) is 6.19. The van der Waals surface area contributed by atoms with Gasteiger partial charge in [-0.2, -0.15) is 0 Å². The van der Waals surface area contributed by atoms with E-state index >= 15 is 0 Å². The molecular formula is C27H33NO3. The van der Waals surface area contributed by atoms with E-state index in [1.807, 2.05) is 44.2 Å². The Morgan fingerprint density at radius 1 is 0.903 bits per heavy atom. The average molecular weight is 420 g/mol. The number of carbonyl (C=O) groups is 1. The lowest BCUT2D eigenvalue weighted by atomic mass is 9.82. The van der Waals surface area contributed by atoms with Crippen LogP contribution in [0.25, 0.3) is 11.1 Å². The van der Waals surface area contributed by atoms with Crippen LogP contribution in [0.2, 0.25) is 0 Å². The summed E-state index contributed by atoms with van der Waals surface area (Å²) in [6.45, 7) is 4.55. The zero-order valence-corrected chi connectivity index (χ0v) is 18.8. The number of hydrogen-bond acceptors (Lipinski definition) is 4. The van der Waals surface area contributed by atoms with E-state index in [9.17, 15) is 4.79 Å². The molecule has 0 amide bonds. The molecule has 164 valence electrons. The molecule has 0 bridgehead atoms. The molecule has 4 rings (SSSR count). The van der Waals surface area contributed by atoms with E-state index < -0.39 is 0 Å². The molecule has 0 aromatic heterocycles. The Morgan fingerprint density at radius 3 is 2.39 bits per heavy atom. The van der Waals surface area contributed by atoms with Crippen molar-refractivity contribution in [2.24, 2.45) is 5.92 Å². The van der Waals surface area contributed by atoms with Crippen LogP contribution in [0.4, 0.5) is 0 Å². The molecule has 0 spiro atoms. The van der Waals surface area contributed by atoms with Gasteiger partial charge in [0.15, 0.2) is 0 Å². The van der Waals surface area contributed by atoms with Crippen molar-refractivity contribution >= 4 is 5.97 Å². The van der Waals surface area contributed by atoms with Gasteiger partial charge in [0, 0.05) is 0 Å². The molecule has 0 heterocycles. The Labute approximate surface area is 185 Å². The zero-order chi connectivity index (χ0) is 21.3. The van der Waals surface area contributed by atoms with Crippen molar-refractivity contribution in [3.05, 3.63) is 89.5 Å². The standard InChI is InChI=1S/C25H24O3.C2H6.H3N/c1-27-25(26)22-13-11-19-10-12-21(14-23(19)15-22)20-8-5-9-24(16-20)28-17-18-6-3-2-4-7-18;1-2;/h2-10,12,14,16,22H,11,13,15,17H2,1H3;1-2H3;1H3. The summed E-state index contributed by atoms with van der Waals surface area (Å²) in [4.78, 5) is 11.9. The lowest BCUT2D eigenvalue weighted by molar-refractivity contribution is -0.145. The normalized spacial score (nSPS) is 14.2. The highest BCUT2D eigenvalue weighted by Crippen LogP contribution is 2.31. The quantitative estimate of drug-likeness (QED) is 0.486. The van der Waals surface area contributed by atoms with Crippen molar-refractivity contribution in [1.29, 1.82) is 0 Å². The van der Waals surface area contributed by atoms with Crippen LogP contribution < -0.4 is 10.9 Å². The van der Waals surface area contributed by atoms with Crippen molar-refractivity contribution in [2.45, 2.75) is 39.7 Å². The van der Waals surface area contributed by atoms with E-state index in [1.54, 1.807) is 0 Å². The fraction of sp³-hybridized carbons (Fsp3) is 0.296. The van der Waals surface area contributed by atoms with Crippen LogP contribution in [0.1, 0.15) is 37.0 Å². The second-order valence-electron chi connectivity index (χ2n) is 7.25. The predicted octanol–water partition coefficient (Wildman–Crippen LogP) is 6.40. The molecule has 31 heavy (non-hydrogen) atoms. The number of rotatable bonds is 5. The molecule has 0 fully saturated rings. The molecule has 0 radical (unpaired) electrons. The molecular weight excluding hydrogens is 386 g/mol. The second kappa shape index (κ2) is 11.9. The lowest BCUT2D eigenvalue weighted by Crippen LogP contribution is -2.23. The fourth-order valence-corrected chi connectivity index (χ4v) is 3.81. The Hall–Kier alpha value is -3.11. The van der Waals surface area contributed by atoms with Crippen molar-refractivity contribution in [1.82, 2.24) is 6.15 Å². The van der Waals surface area contributed by atoms with E-state index in [1.165, 1.54) is 18.2 Å². The molecule has 1 unspecified atom stereocenters. The number of fused-ring (bicyclic) bond motifs is 1. The van der Waals surface area contributed by atoms with Crippen molar-refractivity contribution in [3.63, 3.8) is 0 Å². The van der Waals surface area contributed by atoms with Gasteiger partial charge in [-0.15, -0.1) is 0 Å². The minimum Gasteiger partial charge on any atom is -0.489 e. The molecule has 0 saturated carbocycles. The lowest BCUT2D eigenvalue weighted by Gasteiger charge is -2.23. The first-order valence-electron chi connectivity index (χ1n) is 10.7. The summed E-state index contributed by atoms with van der Waals surface area (Å²) in [5, 5.41) is 0. The Kier molecular flexibility index (Phi) is 9.29. The molecule has 3 aromatic rings. The van der Waals surface area contributed by atoms with Gasteiger partial charge in [0.05, 0.1) is 13.0 Å². The summed E-state index contributed by atoms with van der Waals surface area (Å²) in [5.74, 6) is 0.715. The maximum atomic E-state index is 11.9. The number of benzene rings is 3. The number of hydrogen-bond donors (Lipinski definition) is 1. The number of methoxy groups -OCH3 is 1. The van der Waals surface area contributed by atoms with Crippen LogP contribution >= 0.6 is 0 Å². The minimum absolute atomic E-state index is 0. The van der Waals surface area contributed by atoms with E-state index in [0.717, 1.165) is 41.7 Å². The summed E-state index contributed by atoms with van der Waals surface area (Å²) in [7, 11) is 1.47. The first-order chi connectivity index (χ1) is 14.7. The van der Waals surface area contributed by atoms with Gasteiger partial charge in [0.1, 0.15) is 12.4 Å². The third-order valence-electron chi connectivity index (χ3n) is 5.38. The highest BCUT2D eigenvalue weighted by atomic mass is 16.5. The highest BCUT2D eigenvalue weighted by Gasteiger charge is 2.25. The zero-order valence-electron chi connectivity index (χ0n) is 18.8. The first-order valence-corrected chi connectivity index (χ1v) is 10.7. The number of esters is 1. The van der Waals surface area contributed by atoms with Gasteiger partial charge >= 0.3 is 5.97 Å². The summed E-state index contributed by atoms with van der Waals surface area (Å²) in [6.07, 6.45) is 2.54. The van der Waals surface area contributed by atoms with Gasteiger partial charge in [-0.25, -0.2) is 0 Å². The molecule has 4 nitrogen and oxygen atoms in total. The van der Waals surface area contributed by atoms with Crippen LogP contribution in [0.3, 0.4) is 0 Å². The fourth-order valence-electron chi connectivity index (χ4n) is 3.81. The van der Waals surface area contributed by atoms with Gasteiger partial charge in [0.2, 0.25) is 0 Å². The summed E-state index contributed by atoms with van der Waals surface area (Å²) >= 11 is 0. The van der Waals surface area contributed by atoms with E-state index in [4.69, 9.17) is 9.47 Å². The van der Waals surface area contributed by atoms with Crippen LogP contribution in [-0.4, -0.2) is 13.1 Å². The van der Waals surface area contributed by atoms with Gasteiger partial charge in [-0.3, -0.25) is 4.79 Å². The maximum absolute atomic E-state index is 11.9. The summed E-state index contributed by atoms with van der Waals surface area (Å²) in [5.41, 5.74) is 5.99. The van der Waals surface area contributed by atoms with Crippen molar-refractivity contribution < 1.29 is 14.3 Å². The van der Waals surface area contributed by atoms with Crippen LogP contribution in [0, 0.1) is 5.92 Å². The summed E-state index contributed by atoms with van der Waals surface area (Å²) < 4.78 is 10.9. The topological polar surface area (TPSA) is 70.5 Å². The molecule has 1 atom stereocenters. The second-order valence-corrected chi connectivity index (χ2v) is 7.25. The van der Waals surface area contributed by atoms with Crippen molar-refractivity contribution in [2.75, 3.05) is 7.11 Å². The monoisotopic (exact) mass is 419 g/mol. The third-order valence-corrected chi connectivity index (χ3v) is 5.38. The van der Waals surface area contributed by atoms with E-state index in [-0.39, 0.29) is 18.0 Å². The molecule has 0 aliphatic heterocycles. The predicted molar refractivity (Wildman–Crippen MR) is 127 cm³/mol. The molecule has 4 heteroatoms. The Bertz CT molecular complexity index is 969. The number of ether oxygens (including phenoxy) is 2. The molecule has 1 aliphatic carbocycles. The van der Waals surface area contributed by atoms with Crippen LogP contribution in [-0.2, 0) is 29.0 Å². The Balaban J connectivity index is 0.00000111. The SMILES string of the molecule is CC.COC(=O)C1CCc2ccc(-c3cccc(OCc4ccccc4)c3)cc2C1.N. The van der Waals surface area contributed by atoms with E-state index in [0.29, 0.717) is 6.61 Å². The van der Waals surface area contributed by atoms with Crippen molar-refractivity contribution in [3.8, 4) is 16.9 Å². The summed E-state index contributed by atoms with van der Waals surface area (Å²) in [6, 6.07) is 24.9. The number of carbonyl (C=O) groups excluding carboxylic acids is 1. The van der Waals surface area contributed by atoms with Gasteiger partial charge in [-0.05, 0) is 59.2 Å². The molecule has 3 N–H and O–H groups in total. The van der Waals surface area contributed by atoms with Crippen LogP contribution in [0.5, 0.6) is 5.75 Å². The van der Waals surface area contributed by atoms with Gasteiger partial charge in [0.25, 0.3) is 0 Å². The smallest absolute Gasteiger partial charge is 0.309 e. The van der Waals surface area contributed by atoms with Gasteiger partial charge < -0.3 is 15.6 Å². The Morgan fingerprint density at radius 2 is 1.65 bits per heavy atom. The minimum atomic E-state index is -0.104. The highest BCUT2D eigenvalue weighted by molar-refractivity contribution is 5.74. The molecule has 0 saturated heterocycles. The largest absolute Gasteiger partial charge is 0.489 e. The molecule has 1 aliphatic rings. The maximum Gasteiger partial charge on any atom is 0.309 e. The van der Waals surface area contributed by atoms with Gasteiger partial charge in [-0.1, -0.05) is 74.5 Å². The number of aryl methyl sites for hydroxylation is 1. The van der Waals surface area contributed by atoms with E-state index in [2.05, 4.69) is 42.5 Å². The van der Waals surface area contributed by atoms with Crippen LogP contribution in [0.15, 0.2) is 72.8 Å². The molecule has 3 aromatic carbocycles. The first kappa shape index (κ1) is 24.2. The average Bonchev–Trinajstić information content (AvgIpc) is 2.83.